The Morgan fingerprint density at radius 2 is 1.60 bits per heavy atom. The molecule has 0 N–H and O–H groups in total. The lowest BCUT2D eigenvalue weighted by atomic mass is 10.0. The van der Waals surface area contributed by atoms with E-state index in [9.17, 15) is 13.2 Å². The van der Waals surface area contributed by atoms with Crippen molar-refractivity contribution in [1.29, 1.82) is 0 Å². The molecular formula is C19H23NO4S. The molecule has 0 radical (unpaired) electrons. The van der Waals surface area contributed by atoms with Crippen LogP contribution in [-0.2, 0) is 10.0 Å². The van der Waals surface area contributed by atoms with Gasteiger partial charge in [0, 0.05) is 12.6 Å². The van der Waals surface area contributed by atoms with E-state index >= 15 is 0 Å². The van der Waals surface area contributed by atoms with Crippen molar-refractivity contribution in [2.24, 2.45) is 0 Å². The van der Waals surface area contributed by atoms with Gasteiger partial charge in [0.2, 0.25) is 10.0 Å². The summed E-state index contributed by atoms with van der Waals surface area (Å²) in [6, 6.07) is 11.2. The van der Waals surface area contributed by atoms with E-state index in [2.05, 4.69) is 0 Å². The maximum absolute atomic E-state index is 13.0. The molecule has 0 saturated heterocycles. The first-order valence-corrected chi connectivity index (χ1v) is 9.36. The first kappa shape index (κ1) is 19.1. The maximum Gasteiger partial charge on any atom is 0.247 e. The van der Waals surface area contributed by atoms with Gasteiger partial charge in [0.25, 0.3) is 0 Å². The second-order valence-corrected chi connectivity index (χ2v) is 8.05. The minimum atomic E-state index is -3.88. The number of rotatable bonds is 6. The molecule has 0 spiro atoms. The van der Waals surface area contributed by atoms with E-state index in [4.69, 9.17) is 4.74 Å². The second kappa shape index (κ2) is 7.37. The lowest BCUT2D eigenvalue weighted by Crippen LogP contribution is -2.40. The molecule has 6 heteroatoms. The number of hydrogen-bond acceptors (Lipinski definition) is 4. The lowest BCUT2D eigenvalue weighted by Gasteiger charge is -2.24. The third-order valence-electron chi connectivity index (χ3n) is 4.24. The largest absolute Gasteiger partial charge is 0.495 e. The number of methoxy groups -OCH3 is 1. The van der Waals surface area contributed by atoms with Crippen LogP contribution >= 0.6 is 0 Å². The number of aryl methyl sites for hydroxylation is 2. The van der Waals surface area contributed by atoms with Gasteiger partial charge in [-0.2, -0.15) is 4.31 Å². The topological polar surface area (TPSA) is 63.7 Å². The van der Waals surface area contributed by atoms with Crippen molar-refractivity contribution in [3.8, 4) is 5.75 Å². The van der Waals surface area contributed by atoms with Crippen LogP contribution in [0.4, 0.5) is 0 Å². The summed E-state index contributed by atoms with van der Waals surface area (Å²) in [4.78, 5) is 12.7. The molecule has 0 aliphatic heterocycles. The van der Waals surface area contributed by atoms with E-state index in [1.54, 1.807) is 44.2 Å². The fourth-order valence-corrected chi connectivity index (χ4v) is 4.04. The van der Waals surface area contributed by atoms with Crippen LogP contribution in [0.2, 0.25) is 0 Å². The van der Waals surface area contributed by atoms with Gasteiger partial charge in [0.1, 0.15) is 10.6 Å². The van der Waals surface area contributed by atoms with Crippen molar-refractivity contribution in [2.75, 3.05) is 14.2 Å². The van der Waals surface area contributed by atoms with Crippen molar-refractivity contribution in [3.05, 3.63) is 59.2 Å². The number of carbonyl (C=O) groups is 1. The van der Waals surface area contributed by atoms with Crippen LogP contribution in [0.15, 0.2) is 47.4 Å². The average molecular weight is 361 g/mol. The summed E-state index contributed by atoms with van der Waals surface area (Å²) in [5, 5.41) is 0. The molecule has 0 aliphatic rings. The molecule has 0 aliphatic carbocycles. The minimum Gasteiger partial charge on any atom is -0.495 e. The molecule has 0 bridgehead atoms. The Labute approximate surface area is 149 Å². The molecule has 0 aromatic heterocycles. The molecule has 0 fully saturated rings. The smallest absolute Gasteiger partial charge is 0.247 e. The summed E-state index contributed by atoms with van der Waals surface area (Å²) < 4.78 is 32.3. The predicted octanol–water partition coefficient (Wildman–Crippen LogP) is 3.20. The molecule has 0 amide bonds. The van der Waals surface area contributed by atoms with Gasteiger partial charge in [-0.1, -0.05) is 35.9 Å². The van der Waals surface area contributed by atoms with Gasteiger partial charge in [0.15, 0.2) is 5.78 Å². The fraction of sp³-hybridized carbons (Fsp3) is 0.316. The average Bonchev–Trinajstić information content (AvgIpc) is 2.60. The van der Waals surface area contributed by atoms with Gasteiger partial charge >= 0.3 is 0 Å². The number of sulfonamides is 1. The minimum absolute atomic E-state index is 0.0565. The summed E-state index contributed by atoms with van der Waals surface area (Å²) in [7, 11) is -1.05. The van der Waals surface area contributed by atoms with Gasteiger partial charge in [0.05, 0.1) is 13.2 Å². The monoisotopic (exact) mass is 361 g/mol. The fourth-order valence-electron chi connectivity index (χ4n) is 2.47. The number of benzene rings is 2. The molecule has 5 nitrogen and oxygen atoms in total. The molecule has 2 rings (SSSR count). The van der Waals surface area contributed by atoms with E-state index < -0.39 is 16.1 Å². The zero-order valence-electron chi connectivity index (χ0n) is 15.1. The molecule has 0 heterocycles. The van der Waals surface area contributed by atoms with Gasteiger partial charge in [-0.15, -0.1) is 0 Å². The summed E-state index contributed by atoms with van der Waals surface area (Å²) in [5.74, 6) is 0.00475. The first-order chi connectivity index (χ1) is 11.7. The van der Waals surface area contributed by atoms with Crippen molar-refractivity contribution in [3.63, 3.8) is 0 Å². The Hall–Kier alpha value is -2.18. The number of ether oxygens (including phenoxy) is 1. The number of likely N-dealkylation sites (N-methyl/N-ethyl adjacent to an activating group) is 1. The molecule has 1 unspecified atom stereocenters. The third kappa shape index (κ3) is 3.91. The summed E-state index contributed by atoms with van der Waals surface area (Å²) >= 11 is 0. The van der Waals surface area contributed by atoms with E-state index in [-0.39, 0.29) is 16.4 Å². The molecule has 1 atom stereocenters. The van der Waals surface area contributed by atoms with Crippen LogP contribution in [0.5, 0.6) is 5.75 Å². The summed E-state index contributed by atoms with van der Waals surface area (Å²) in [5.41, 5.74) is 2.32. The molecule has 134 valence electrons. The lowest BCUT2D eigenvalue weighted by molar-refractivity contribution is 0.0919. The molecule has 0 saturated carbocycles. The quantitative estimate of drug-likeness (QED) is 0.741. The van der Waals surface area contributed by atoms with Crippen LogP contribution in [-0.4, -0.2) is 38.7 Å². The van der Waals surface area contributed by atoms with Crippen LogP contribution in [0.25, 0.3) is 0 Å². The standard InChI is InChI=1S/C19H23NO4S/c1-13-6-9-16(10-7-13)19(21)15(3)20(4)25(22,23)18-12-14(2)8-11-17(18)24-5/h6-12,15H,1-5H3. The highest BCUT2D eigenvalue weighted by atomic mass is 32.2. The van der Waals surface area contributed by atoms with Crippen LogP contribution in [0, 0.1) is 13.8 Å². The Kier molecular flexibility index (Phi) is 5.65. The number of ketones is 1. The molecule has 25 heavy (non-hydrogen) atoms. The molecule has 2 aromatic rings. The number of nitrogens with zero attached hydrogens (tertiary/aromatic N) is 1. The Balaban J connectivity index is 2.37. The predicted molar refractivity (Wildman–Crippen MR) is 97.7 cm³/mol. The Bertz CT molecular complexity index is 873. The molecule has 2 aromatic carbocycles. The van der Waals surface area contributed by atoms with Crippen molar-refractivity contribution in [2.45, 2.75) is 31.7 Å². The van der Waals surface area contributed by atoms with E-state index in [0.717, 1.165) is 15.4 Å². The van der Waals surface area contributed by atoms with E-state index in [1.807, 2.05) is 19.1 Å². The Morgan fingerprint density at radius 1 is 1.04 bits per heavy atom. The third-order valence-corrected chi connectivity index (χ3v) is 6.19. The van der Waals surface area contributed by atoms with Crippen LogP contribution < -0.4 is 4.74 Å². The summed E-state index contributed by atoms with van der Waals surface area (Å²) in [6.45, 7) is 5.32. The SMILES string of the molecule is COc1ccc(C)cc1S(=O)(=O)N(C)C(C)C(=O)c1ccc(C)cc1. The van der Waals surface area contributed by atoms with Gasteiger partial charge in [-0.25, -0.2) is 8.42 Å². The highest BCUT2D eigenvalue weighted by Gasteiger charge is 2.32. The van der Waals surface area contributed by atoms with Gasteiger partial charge < -0.3 is 4.74 Å². The summed E-state index contributed by atoms with van der Waals surface area (Å²) in [6.07, 6.45) is 0. The zero-order valence-corrected chi connectivity index (χ0v) is 15.9. The van der Waals surface area contributed by atoms with E-state index in [0.29, 0.717) is 5.56 Å². The number of carbonyl (C=O) groups excluding carboxylic acids is 1. The molecular weight excluding hydrogens is 338 g/mol. The zero-order chi connectivity index (χ0) is 18.8. The number of hydrogen-bond donors (Lipinski definition) is 0. The normalized spacial score (nSPS) is 12.9. The highest BCUT2D eigenvalue weighted by Crippen LogP contribution is 2.28. The van der Waals surface area contributed by atoms with Crippen molar-refractivity contribution < 1.29 is 17.9 Å². The maximum atomic E-state index is 13.0. The van der Waals surface area contributed by atoms with Gasteiger partial charge in [-0.3, -0.25) is 4.79 Å². The first-order valence-electron chi connectivity index (χ1n) is 7.92. The van der Waals surface area contributed by atoms with Crippen LogP contribution in [0.1, 0.15) is 28.4 Å². The van der Waals surface area contributed by atoms with E-state index in [1.165, 1.54) is 14.2 Å². The van der Waals surface area contributed by atoms with Crippen LogP contribution in [0.3, 0.4) is 0 Å². The van der Waals surface area contributed by atoms with Crippen molar-refractivity contribution in [1.82, 2.24) is 4.31 Å². The van der Waals surface area contributed by atoms with Gasteiger partial charge in [-0.05, 0) is 38.5 Å². The van der Waals surface area contributed by atoms with Crippen molar-refractivity contribution >= 4 is 15.8 Å². The second-order valence-electron chi connectivity index (χ2n) is 6.08. The number of Topliss-reactive ketones (excluding diaryl/α,β-unsaturated/α-hetero) is 1. The highest BCUT2D eigenvalue weighted by molar-refractivity contribution is 7.89. The Morgan fingerprint density at radius 3 is 2.16 bits per heavy atom.